The van der Waals surface area contributed by atoms with Crippen molar-refractivity contribution in [2.45, 2.75) is 6.10 Å². The Labute approximate surface area is 101 Å². The highest BCUT2D eigenvalue weighted by molar-refractivity contribution is 5.55. The third-order valence-corrected chi connectivity index (χ3v) is 2.49. The fourth-order valence-electron chi connectivity index (χ4n) is 1.72. The average Bonchev–Trinajstić information content (AvgIpc) is 2.36. The van der Waals surface area contributed by atoms with Crippen LogP contribution in [0.15, 0.2) is 12.1 Å². The molecule has 0 aliphatic heterocycles. The first-order valence-electron chi connectivity index (χ1n) is 5.31. The molecule has 0 spiro atoms. The van der Waals surface area contributed by atoms with E-state index in [2.05, 4.69) is 5.32 Å². The molecule has 0 fully saturated rings. The van der Waals surface area contributed by atoms with Crippen molar-refractivity contribution in [3.05, 3.63) is 17.7 Å². The first-order chi connectivity index (χ1) is 8.19. The Balaban J connectivity index is 3.29. The Morgan fingerprint density at radius 2 is 1.71 bits per heavy atom. The number of hydrogen-bond acceptors (Lipinski definition) is 5. The van der Waals surface area contributed by atoms with E-state index in [1.807, 2.05) is 0 Å². The lowest BCUT2D eigenvalue weighted by atomic mass is 10.1. The van der Waals surface area contributed by atoms with Crippen LogP contribution in [0.2, 0.25) is 0 Å². The second-order valence-electron chi connectivity index (χ2n) is 3.49. The topological polar surface area (TPSA) is 60.0 Å². The zero-order valence-electron chi connectivity index (χ0n) is 10.6. The third-order valence-electron chi connectivity index (χ3n) is 2.49. The number of aliphatic hydroxyl groups excluding tert-OH is 1. The van der Waals surface area contributed by atoms with Crippen LogP contribution >= 0.6 is 0 Å². The normalized spacial score (nSPS) is 12.1. The molecule has 1 aromatic carbocycles. The molecule has 1 rings (SSSR count). The molecule has 0 saturated carbocycles. The summed E-state index contributed by atoms with van der Waals surface area (Å²) in [4.78, 5) is 0. The van der Waals surface area contributed by atoms with Crippen LogP contribution < -0.4 is 19.5 Å². The molecule has 0 aliphatic rings. The molecule has 1 atom stereocenters. The molecule has 1 aromatic rings. The minimum absolute atomic E-state index is 0.403. The minimum Gasteiger partial charge on any atom is -0.496 e. The molecular formula is C12H19NO4. The van der Waals surface area contributed by atoms with Gasteiger partial charge in [-0.3, -0.25) is 0 Å². The molecule has 17 heavy (non-hydrogen) atoms. The second-order valence-corrected chi connectivity index (χ2v) is 3.49. The van der Waals surface area contributed by atoms with Crippen LogP contribution in [0.5, 0.6) is 17.2 Å². The lowest BCUT2D eigenvalue weighted by molar-refractivity contribution is 0.167. The SMILES string of the molecule is CNCC(O)c1c(OC)ccc(OC)c1OC. The second kappa shape index (κ2) is 6.32. The van der Waals surface area contributed by atoms with Gasteiger partial charge in [0.15, 0.2) is 11.5 Å². The van der Waals surface area contributed by atoms with Gasteiger partial charge in [0.25, 0.3) is 0 Å². The fourth-order valence-corrected chi connectivity index (χ4v) is 1.72. The zero-order chi connectivity index (χ0) is 12.8. The number of hydrogen-bond donors (Lipinski definition) is 2. The first kappa shape index (κ1) is 13.6. The van der Waals surface area contributed by atoms with Crippen molar-refractivity contribution in [1.82, 2.24) is 5.32 Å². The van der Waals surface area contributed by atoms with E-state index in [0.717, 1.165) is 0 Å². The molecule has 0 aromatic heterocycles. The summed E-state index contributed by atoms with van der Waals surface area (Å²) in [6.07, 6.45) is -0.722. The number of aliphatic hydroxyl groups is 1. The summed E-state index contributed by atoms with van der Waals surface area (Å²) in [5.41, 5.74) is 0.587. The predicted molar refractivity (Wildman–Crippen MR) is 65.0 cm³/mol. The van der Waals surface area contributed by atoms with Crippen molar-refractivity contribution in [3.8, 4) is 17.2 Å². The van der Waals surface area contributed by atoms with Crippen molar-refractivity contribution < 1.29 is 19.3 Å². The van der Waals surface area contributed by atoms with E-state index in [0.29, 0.717) is 29.4 Å². The van der Waals surface area contributed by atoms with Crippen LogP contribution in [-0.4, -0.2) is 40.0 Å². The highest BCUT2D eigenvalue weighted by Gasteiger charge is 2.21. The summed E-state index contributed by atoms with van der Waals surface area (Å²) in [5, 5.41) is 13.0. The molecule has 96 valence electrons. The monoisotopic (exact) mass is 241 g/mol. The highest BCUT2D eigenvalue weighted by Crippen LogP contribution is 2.40. The molecule has 0 amide bonds. The molecule has 2 N–H and O–H groups in total. The van der Waals surface area contributed by atoms with Crippen LogP contribution in [0.25, 0.3) is 0 Å². The van der Waals surface area contributed by atoms with Gasteiger partial charge in [-0.1, -0.05) is 0 Å². The van der Waals surface area contributed by atoms with Gasteiger partial charge in [-0.2, -0.15) is 0 Å². The maximum absolute atomic E-state index is 10.1. The largest absolute Gasteiger partial charge is 0.496 e. The molecule has 0 aliphatic carbocycles. The first-order valence-corrected chi connectivity index (χ1v) is 5.31. The zero-order valence-corrected chi connectivity index (χ0v) is 10.6. The molecule has 0 heterocycles. The van der Waals surface area contributed by atoms with Crippen LogP contribution in [0.4, 0.5) is 0 Å². The third kappa shape index (κ3) is 2.81. The van der Waals surface area contributed by atoms with Gasteiger partial charge in [0.1, 0.15) is 5.75 Å². The average molecular weight is 241 g/mol. The van der Waals surface area contributed by atoms with Crippen molar-refractivity contribution >= 4 is 0 Å². The van der Waals surface area contributed by atoms with E-state index >= 15 is 0 Å². The van der Waals surface area contributed by atoms with Crippen LogP contribution in [0, 0.1) is 0 Å². The molecule has 0 bridgehead atoms. The fraction of sp³-hybridized carbons (Fsp3) is 0.500. The van der Waals surface area contributed by atoms with E-state index in [4.69, 9.17) is 14.2 Å². The van der Waals surface area contributed by atoms with Crippen molar-refractivity contribution in [3.63, 3.8) is 0 Å². The molecule has 5 heteroatoms. The van der Waals surface area contributed by atoms with Crippen molar-refractivity contribution in [1.29, 1.82) is 0 Å². The van der Waals surface area contributed by atoms with E-state index in [1.54, 1.807) is 33.4 Å². The van der Waals surface area contributed by atoms with Crippen LogP contribution in [0.3, 0.4) is 0 Å². The van der Waals surface area contributed by atoms with Gasteiger partial charge in [-0.15, -0.1) is 0 Å². The highest BCUT2D eigenvalue weighted by atomic mass is 16.5. The number of benzene rings is 1. The molecule has 1 unspecified atom stereocenters. The van der Waals surface area contributed by atoms with Crippen LogP contribution in [0.1, 0.15) is 11.7 Å². The van der Waals surface area contributed by atoms with Gasteiger partial charge in [-0.25, -0.2) is 0 Å². The van der Waals surface area contributed by atoms with E-state index in [1.165, 1.54) is 7.11 Å². The lowest BCUT2D eigenvalue weighted by Gasteiger charge is -2.19. The Morgan fingerprint density at radius 1 is 1.12 bits per heavy atom. The Morgan fingerprint density at radius 3 is 2.18 bits per heavy atom. The quantitative estimate of drug-likeness (QED) is 0.777. The maximum Gasteiger partial charge on any atom is 0.170 e. The smallest absolute Gasteiger partial charge is 0.170 e. The minimum atomic E-state index is -0.722. The van der Waals surface area contributed by atoms with E-state index in [-0.39, 0.29) is 0 Å². The van der Waals surface area contributed by atoms with E-state index < -0.39 is 6.10 Å². The summed E-state index contributed by atoms with van der Waals surface area (Å²) >= 11 is 0. The molecule has 5 nitrogen and oxygen atoms in total. The number of ether oxygens (including phenoxy) is 3. The summed E-state index contributed by atoms with van der Waals surface area (Å²) < 4.78 is 15.7. The number of likely N-dealkylation sites (N-methyl/N-ethyl adjacent to an activating group) is 1. The van der Waals surface area contributed by atoms with Gasteiger partial charge in [0.2, 0.25) is 0 Å². The van der Waals surface area contributed by atoms with Crippen molar-refractivity contribution in [2.24, 2.45) is 0 Å². The maximum atomic E-state index is 10.1. The van der Waals surface area contributed by atoms with Crippen LogP contribution in [-0.2, 0) is 0 Å². The predicted octanol–water partition coefficient (Wildman–Crippen LogP) is 0.965. The standard InChI is InChI=1S/C12H19NO4/c1-13-7-8(14)11-9(15-2)5-6-10(16-3)12(11)17-4/h5-6,8,13-14H,7H2,1-4H3. The molecule has 0 saturated heterocycles. The Hall–Kier alpha value is -1.46. The summed E-state index contributed by atoms with van der Waals surface area (Å²) in [7, 11) is 6.41. The number of nitrogens with one attached hydrogen (secondary N) is 1. The summed E-state index contributed by atoms with van der Waals surface area (Å²) in [6, 6.07) is 3.49. The van der Waals surface area contributed by atoms with Gasteiger partial charge in [0, 0.05) is 6.54 Å². The molecular weight excluding hydrogens is 222 g/mol. The van der Waals surface area contributed by atoms with Gasteiger partial charge >= 0.3 is 0 Å². The lowest BCUT2D eigenvalue weighted by Crippen LogP contribution is -2.18. The van der Waals surface area contributed by atoms with Gasteiger partial charge in [0.05, 0.1) is 33.0 Å². The number of methoxy groups -OCH3 is 3. The molecule has 0 radical (unpaired) electrons. The van der Waals surface area contributed by atoms with E-state index in [9.17, 15) is 5.11 Å². The summed E-state index contributed by atoms with van der Waals surface area (Å²) in [5.74, 6) is 1.64. The van der Waals surface area contributed by atoms with Crippen molar-refractivity contribution in [2.75, 3.05) is 34.9 Å². The Kier molecular flexibility index (Phi) is 5.06. The van der Waals surface area contributed by atoms with Gasteiger partial charge < -0.3 is 24.6 Å². The Bertz CT molecular complexity index is 368. The summed E-state index contributed by atoms with van der Waals surface area (Å²) in [6.45, 7) is 0.403. The number of rotatable bonds is 6. The van der Waals surface area contributed by atoms with Gasteiger partial charge in [-0.05, 0) is 19.2 Å².